The molecule has 2 heterocycles. The van der Waals surface area contributed by atoms with Crippen LogP contribution in [0.25, 0.3) is 0 Å². The number of amides is 1. The van der Waals surface area contributed by atoms with E-state index in [1.165, 1.54) is 0 Å². The third-order valence-electron chi connectivity index (χ3n) is 4.84. The maximum Gasteiger partial charge on any atom is 2.00 e. The number of phenolic OH excluding ortho intramolecular Hbond substituents is 1. The minimum absolute atomic E-state index is 0. The van der Waals surface area contributed by atoms with Crippen molar-refractivity contribution < 1.29 is 37.2 Å². The number of aliphatic imine (C=N–C) groups is 1. The number of phenols is 1. The molecule has 5 rings (SSSR count). The first-order valence-electron chi connectivity index (χ1n) is 9.80. The topological polar surface area (TPSA) is 56.1 Å². The van der Waals surface area contributed by atoms with Gasteiger partial charge in [-0.2, -0.15) is 30.3 Å². The molecular weight excluding hydrogens is 522 g/mol. The standard InChI is InChI=1S/C19H16N3O2.C6H4Cl.Cd/c23-16-8-6-15(7-9-16)21-11-10-18-20-17(19(24)22(18)13-21)12-14-4-2-1-3-5-14;7-6-4-2-1-3-5-6;/h1-9,23H,11-13H2;2-5H;/q2*-1;+2. The number of carbonyl (C=O) groups excluding carboxylic acids is 1. The number of aromatic hydroxyl groups is 1. The summed E-state index contributed by atoms with van der Waals surface area (Å²) >= 11 is 5.52. The number of hydrogen-bond donors (Lipinski definition) is 1. The Bertz CT molecular complexity index is 1100. The monoisotopic (exact) mass is 543 g/mol. The van der Waals surface area contributed by atoms with Crippen LogP contribution in [0.1, 0.15) is 5.56 Å². The number of anilines is 1. The summed E-state index contributed by atoms with van der Waals surface area (Å²) in [5.41, 5.74) is 2.56. The Morgan fingerprint density at radius 2 is 1.69 bits per heavy atom. The van der Waals surface area contributed by atoms with Gasteiger partial charge in [0.2, 0.25) is 0 Å². The van der Waals surface area contributed by atoms with Crippen LogP contribution < -0.4 is 4.90 Å². The first-order chi connectivity index (χ1) is 15.1. The van der Waals surface area contributed by atoms with Crippen molar-refractivity contribution in [3.05, 3.63) is 107 Å². The minimum Gasteiger partial charge on any atom is -0.508 e. The van der Waals surface area contributed by atoms with E-state index in [2.05, 4.69) is 17.1 Å². The van der Waals surface area contributed by atoms with Gasteiger partial charge in [0.25, 0.3) is 5.91 Å². The number of hydrogen-bond acceptors (Lipinski definition) is 4. The number of carbonyl (C=O) groups is 1. The molecule has 0 saturated carbocycles. The largest absolute Gasteiger partial charge is 2.00 e. The van der Waals surface area contributed by atoms with E-state index in [-0.39, 0.29) is 39.0 Å². The van der Waals surface area contributed by atoms with Crippen LogP contribution in [0.3, 0.4) is 0 Å². The summed E-state index contributed by atoms with van der Waals surface area (Å²) < 4.78 is 0. The Labute approximate surface area is 212 Å². The molecule has 0 spiro atoms. The summed E-state index contributed by atoms with van der Waals surface area (Å²) in [6.45, 7) is 1.000. The third-order valence-corrected chi connectivity index (χ3v) is 5.09. The van der Waals surface area contributed by atoms with Crippen LogP contribution in [0.5, 0.6) is 5.75 Å². The van der Waals surface area contributed by atoms with Gasteiger partial charge in [0.15, 0.2) is 0 Å². The van der Waals surface area contributed by atoms with Crippen molar-refractivity contribution in [1.29, 1.82) is 0 Å². The van der Waals surface area contributed by atoms with Crippen molar-refractivity contribution >= 4 is 28.9 Å². The Balaban J connectivity index is 0.000000311. The molecule has 0 saturated heterocycles. The summed E-state index contributed by atoms with van der Waals surface area (Å²) in [6.07, 6.45) is 3.72. The zero-order valence-electron chi connectivity index (χ0n) is 17.4. The van der Waals surface area contributed by atoms with Gasteiger partial charge in [-0.05, 0) is 35.6 Å². The molecule has 5 nitrogen and oxygen atoms in total. The molecule has 0 fully saturated rings. The van der Waals surface area contributed by atoms with Crippen molar-refractivity contribution in [3.63, 3.8) is 0 Å². The molecule has 1 N–H and O–H groups in total. The van der Waals surface area contributed by atoms with E-state index in [0.717, 1.165) is 16.3 Å². The Morgan fingerprint density at radius 3 is 2.31 bits per heavy atom. The number of halogens is 1. The predicted molar refractivity (Wildman–Crippen MR) is 122 cm³/mol. The average Bonchev–Trinajstić information content (AvgIpc) is 3.11. The second kappa shape index (κ2) is 11.3. The van der Waals surface area contributed by atoms with Gasteiger partial charge < -0.3 is 21.0 Å². The van der Waals surface area contributed by atoms with Crippen LogP contribution in [-0.4, -0.2) is 34.8 Å². The fourth-order valence-corrected chi connectivity index (χ4v) is 3.37. The van der Waals surface area contributed by atoms with E-state index >= 15 is 0 Å². The van der Waals surface area contributed by atoms with Gasteiger partial charge in [-0.3, -0.25) is 9.79 Å². The van der Waals surface area contributed by atoms with Gasteiger partial charge in [-0.25, -0.2) is 0 Å². The summed E-state index contributed by atoms with van der Waals surface area (Å²) in [7, 11) is 0. The molecule has 2 aliphatic rings. The Morgan fingerprint density at radius 1 is 1.00 bits per heavy atom. The molecule has 32 heavy (non-hydrogen) atoms. The fraction of sp³-hybridized carbons (Fsp3) is 0.120. The zero-order chi connectivity index (χ0) is 21.6. The van der Waals surface area contributed by atoms with Gasteiger partial charge in [0, 0.05) is 12.1 Å². The average molecular weight is 542 g/mol. The maximum absolute atomic E-state index is 12.6. The minimum atomic E-state index is -0.0650. The second-order valence-corrected chi connectivity index (χ2v) is 7.46. The Hall–Kier alpha value is -2.65. The maximum atomic E-state index is 12.6. The molecule has 0 aromatic heterocycles. The molecule has 2 aliphatic heterocycles. The van der Waals surface area contributed by atoms with Crippen molar-refractivity contribution in [3.8, 4) is 5.75 Å². The molecule has 1 amide bonds. The van der Waals surface area contributed by atoms with Crippen LogP contribution in [0.2, 0.25) is 5.02 Å². The molecule has 7 heteroatoms. The Kier molecular flexibility index (Phi) is 8.47. The fourth-order valence-electron chi connectivity index (χ4n) is 3.25. The van der Waals surface area contributed by atoms with Crippen LogP contribution in [0.4, 0.5) is 5.69 Å². The molecule has 0 aliphatic carbocycles. The third kappa shape index (κ3) is 5.98. The smallest absolute Gasteiger partial charge is 0.508 e. The van der Waals surface area contributed by atoms with Gasteiger partial charge in [-0.15, -0.1) is 18.1 Å². The van der Waals surface area contributed by atoms with Crippen molar-refractivity contribution in [2.75, 3.05) is 18.1 Å². The first-order valence-corrected chi connectivity index (χ1v) is 10.2. The van der Waals surface area contributed by atoms with Crippen LogP contribution in [0, 0.1) is 12.1 Å². The quantitative estimate of drug-likeness (QED) is 0.393. The van der Waals surface area contributed by atoms with Crippen LogP contribution in [-0.2, 0) is 38.5 Å². The van der Waals surface area contributed by atoms with Crippen LogP contribution >= 0.6 is 11.6 Å². The summed E-state index contributed by atoms with van der Waals surface area (Å²) in [5, 5.41) is 10.2. The van der Waals surface area contributed by atoms with Crippen LogP contribution in [0.15, 0.2) is 89.7 Å². The van der Waals surface area contributed by atoms with E-state index < -0.39 is 0 Å². The molecule has 3 aromatic carbocycles. The van der Waals surface area contributed by atoms with Gasteiger partial charge in [-0.1, -0.05) is 35.4 Å². The summed E-state index contributed by atoms with van der Waals surface area (Å²) in [4.78, 5) is 20.8. The number of rotatable bonds is 3. The molecule has 0 unspecified atom stereocenters. The molecule has 0 bridgehead atoms. The zero-order valence-corrected chi connectivity index (χ0v) is 22.2. The normalized spacial score (nSPS) is 14.5. The molecular formula is C25H20CdClN3O2. The molecule has 3 aromatic rings. The van der Waals surface area contributed by atoms with E-state index in [0.29, 0.717) is 31.2 Å². The van der Waals surface area contributed by atoms with E-state index in [4.69, 9.17) is 11.6 Å². The molecule has 0 radical (unpaired) electrons. The molecule has 0 atom stereocenters. The van der Waals surface area contributed by atoms with Gasteiger partial charge >= 0.3 is 27.3 Å². The number of nitrogens with zero attached hydrogens (tertiary/aromatic N) is 3. The summed E-state index contributed by atoms with van der Waals surface area (Å²) in [5.74, 6) is 0.771. The van der Waals surface area contributed by atoms with Crippen molar-refractivity contribution in [2.24, 2.45) is 4.99 Å². The van der Waals surface area contributed by atoms with E-state index in [1.54, 1.807) is 41.3 Å². The number of fused-ring (bicyclic) bond motifs is 1. The molecule has 156 valence electrons. The second-order valence-electron chi connectivity index (χ2n) is 7.03. The number of benzene rings is 3. The van der Waals surface area contributed by atoms with Gasteiger partial charge in [0.05, 0.1) is 6.67 Å². The first kappa shape index (κ1) is 24.0. The van der Waals surface area contributed by atoms with E-state index in [1.807, 2.05) is 47.4 Å². The van der Waals surface area contributed by atoms with Gasteiger partial charge in [0.1, 0.15) is 11.5 Å². The summed E-state index contributed by atoms with van der Waals surface area (Å²) in [6, 6.07) is 26.8. The SMILES string of the molecule is Clc1cc[c-]cc1.O=C1C(Cc2ccccc2)=NC2=[C-]CN(c3ccc(O)cc3)CN12.[Cd+2]. The van der Waals surface area contributed by atoms with Crippen molar-refractivity contribution in [2.45, 2.75) is 6.42 Å². The predicted octanol–water partition coefficient (Wildman–Crippen LogP) is 4.48. The van der Waals surface area contributed by atoms with Crippen molar-refractivity contribution in [1.82, 2.24) is 4.90 Å². The van der Waals surface area contributed by atoms with E-state index in [9.17, 15) is 9.90 Å².